The summed E-state index contributed by atoms with van der Waals surface area (Å²) in [6.45, 7) is 0. The van der Waals surface area contributed by atoms with Crippen molar-refractivity contribution in [3.8, 4) is 5.75 Å². The summed E-state index contributed by atoms with van der Waals surface area (Å²) in [4.78, 5) is 11.8. The maximum atomic E-state index is 13.5. The summed E-state index contributed by atoms with van der Waals surface area (Å²) < 4.78 is 14.2. The van der Waals surface area contributed by atoms with Crippen LogP contribution < -0.4 is 0 Å². The molecule has 0 aromatic heterocycles. The number of halogens is 2. The van der Waals surface area contributed by atoms with Gasteiger partial charge in [-0.05, 0) is 42.5 Å². The minimum absolute atomic E-state index is 0.0212. The number of hydrogen-bond acceptors (Lipinski definition) is 2. The van der Waals surface area contributed by atoms with E-state index in [4.69, 9.17) is 0 Å². The highest BCUT2D eigenvalue weighted by molar-refractivity contribution is 9.10. The van der Waals surface area contributed by atoms with Gasteiger partial charge in [0.2, 0.25) is 0 Å². The second kappa shape index (κ2) is 5.80. The molecule has 0 atom stereocenters. The zero-order valence-electron chi connectivity index (χ0n) is 9.81. The van der Waals surface area contributed by atoms with Gasteiger partial charge in [-0.2, -0.15) is 0 Å². The molecule has 2 nitrogen and oxygen atoms in total. The van der Waals surface area contributed by atoms with E-state index in [1.165, 1.54) is 30.4 Å². The van der Waals surface area contributed by atoms with E-state index >= 15 is 0 Å². The van der Waals surface area contributed by atoms with Crippen molar-refractivity contribution in [3.63, 3.8) is 0 Å². The molecular weight excluding hydrogens is 311 g/mol. The molecule has 0 fully saturated rings. The first-order valence-electron chi connectivity index (χ1n) is 5.53. The lowest BCUT2D eigenvalue weighted by molar-refractivity contribution is 0.104. The van der Waals surface area contributed by atoms with Gasteiger partial charge in [-0.25, -0.2) is 4.39 Å². The van der Waals surface area contributed by atoms with Crippen LogP contribution in [0, 0.1) is 5.82 Å². The molecule has 0 radical (unpaired) electrons. The highest BCUT2D eigenvalue weighted by Gasteiger charge is 2.04. The second-order valence-corrected chi connectivity index (χ2v) is 4.83. The quantitative estimate of drug-likeness (QED) is 0.680. The van der Waals surface area contributed by atoms with E-state index in [1.807, 2.05) is 0 Å². The van der Waals surface area contributed by atoms with Crippen LogP contribution in [0.1, 0.15) is 15.9 Å². The Bertz CT molecular complexity index is 650. The van der Waals surface area contributed by atoms with Crippen molar-refractivity contribution in [2.24, 2.45) is 0 Å². The fourth-order valence-corrected chi connectivity index (χ4v) is 1.94. The molecule has 96 valence electrons. The first kappa shape index (κ1) is 13.5. The van der Waals surface area contributed by atoms with Crippen LogP contribution in [0.5, 0.6) is 5.75 Å². The number of carbonyl (C=O) groups excluding carboxylic acids is 1. The third-order valence-electron chi connectivity index (χ3n) is 2.50. The van der Waals surface area contributed by atoms with Gasteiger partial charge in [-0.15, -0.1) is 0 Å². The van der Waals surface area contributed by atoms with Gasteiger partial charge in [0, 0.05) is 15.6 Å². The molecular formula is C15H10BrFO2. The Kier molecular flexibility index (Phi) is 4.12. The number of phenols is 1. The maximum absolute atomic E-state index is 13.5. The molecule has 0 amide bonds. The van der Waals surface area contributed by atoms with Crippen LogP contribution in [0.3, 0.4) is 0 Å². The Balaban J connectivity index is 2.23. The van der Waals surface area contributed by atoms with E-state index < -0.39 is 5.82 Å². The van der Waals surface area contributed by atoms with E-state index in [0.29, 0.717) is 11.1 Å². The minimum Gasteiger partial charge on any atom is -0.508 e. The van der Waals surface area contributed by atoms with Gasteiger partial charge in [0.15, 0.2) is 5.78 Å². The summed E-state index contributed by atoms with van der Waals surface area (Å²) in [6, 6.07) is 10.5. The topological polar surface area (TPSA) is 37.3 Å². The Morgan fingerprint density at radius 1 is 1.21 bits per heavy atom. The second-order valence-electron chi connectivity index (χ2n) is 3.91. The monoisotopic (exact) mass is 320 g/mol. The fourth-order valence-electron chi connectivity index (χ4n) is 1.56. The van der Waals surface area contributed by atoms with Crippen LogP contribution in [0.2, 0.25) is 0 Å². The molecule has 0 saturated heterocycles. The van der Waals surface area contributed by atoms with Crippen molar-refractivity contribution in [3.05, 3.63) is 70.0 Å². The predicted octanol–water partition coefficient (Wildman–Crippen LogP) is 4.19. The zero-order chi connectivity index (χ0) is 13.8. The Morgan fingerprint density at radius 3 is 2.74 bits per heavy atom. The fraction of sp³-hybridized carbons (Fsp3) is 0. The van der Waals surface area contributed by atoms with Gasteiger partial charge in [0.25, 0.3) is 0 Å². The SMILES string of the molecule is O=C(/C=C/c1cc(Br)ccc1F)c1cccc(O)c1. The molecule has 19 heavy (non-hydrogen) atoms. The third kappa shape index (κ3) is 3.51. The first-order chi connectivity index (χ1) is 9.06. The normalized spacial score (nSPS) is 10.8. The molecule has 0 aliphatic rings. The molecule has 4 heteroatoms. The van der Waals surface area contributed by atoms with Crippen molar-refractivity contribution in [2.45, 2.75) is 0 Å². The van der Waals surface area contributed by atoms with E-state index in [1.54, 1.807) is 24.3 Å². The van der Waals surface area contributed by atoms with Crippen LogP contribution >= 0.6 is 15.9 Å². The minimum atomic E-state index is -0.400. The van der Waals surface area contributed by atoms with Gasteiger partial charge in [-0.3, -0.25) is 4.79 Å². The summed E-state index contributed by atoms with van der Waals surface area (Å²) in [5.41, 5.74) is 0.675. The smallest absolute Gasteiger partial charge is 0.185 e. The zero-order valence-corrected chi connectivity index (χ0v) is 11.4. The lowest BCUT2D eigenvalue weighted by Gasteiger charge is -1.99. The molecule has 0 spiro atoms. The van der Waals surface area contributed by atoms with Crippen molar-refractivity contribution in [1.82, 2.24) is 0 Å². The summed E-state index contributed by atoms with van der Waals surface area (Å²) in [7, 11) is 0. The van der Waals surface area contributed by atoms with Gasteiger partial charge < -0.3 is 5.11 Å². The van der Waals surface area contributed by atoms with E-state index in [9.17, 15) is 14.3 Å². The molecule has 0 heterocycles. The summed E-state index contributed by atoms with van der Waals surface area (Å²) in [5.74, 6) is -0.675. The number of phenolic OH excluding ortho intramolecular Hbond substituents is 1. The van der Waals surface area contributed by atoms with Crippen LogP contribution in [-0.2, 0) is 0 Å². The molecule has 2 aromatic carbocycles. The number of aromatic hydroxyl groups is 1. The largest absolute Gasteiger partial charge is 0.508 e. The molecule has 2 rings (SSSR count). The molecule has 0 bridgehead atoms. The van der Waals surface area contributed by atoms with Crippen molar-refractivity contribution in [1.29, 1.82) is 0 Å². The molecule has 1 N–H and O–H groups in total. The summed E-state index contributed by atoms with van der Waals surface area (Å²) >= 11 is 3.24. The van der Waals surface area contributed by atoms with Crippen LogP contribution in [0.4, 0.5) is 4.39 Å². The van der Waals surface area contributed by atoms with Gasteiger partial charge in [-0.1, -0.05) is 28.1 Å². The van der Waals surface area contributed by atoms with Crippen molar-refractivity contribution < 1.29 is 14.3 Å². The van der Waals surface area contributed by atoms with Gasteiger partial charge >= 0.3 is 0 Å². The van der Waals surface area contributed by atoms with Crippen molar-refractivity contribution >= 4 is 27.8 Å². The summed E-state index contributed by atoms with van der Waals surface area (Å²) in [5, 5.41) is 9.29. The highest BCUT2D eigenvalue weighted by Crippen LogP contribution is 2.17. The maximum Gasteiger partial charge on any atom is 0.185 e. The van der Waals surface area contributed by atoms with E-state index in [2.05, 4.69) is 15.9 Å². The summed E-state index contributed by atoms with van der Waals surface area (Å²) in [6.07, 6.45) is 2.69. The molecule has 0 saturated carbocycles. The number of ketones is 1. The lowest BCUT2D eigenvalue weighted by atomic mass is 10.1. The number of benzene rings is 2. The van der Waals surface area contributed by atoms with Crippen LogP contribution in [-0.4, -0.2) is 10.9 Å². The van der Waals surface area contributed by atoms with Gasteiger partial charge in [0.1, 0.15) is 11.6 Å². The molecule has 0 aliphatic heterocycles. The Morgan fingerprint density at radius 2 is 2.00 bits per heavy atom. The van der Waals surface area contributed by atoms with Gasteiger partial charge in [0.05, 0.1) is 0 Å². The molecule has 0 aliphatic carbocycles. The lowest BCUT2D eigenvalue weighted by Crippen LogP contribution is -1.93. The standard InChI is InChI=1S/C15H10BrFO2/c16-12-5-6-14(17)10(8-12)4-7-15(19)11-2-1-3-13(18)9-11/h1-9,18H/b7-4+. The van der Waals surface area contributed by atoms with E-state index in [-0.39, 0.29) is 11.5 Å². The number of carbonyl (C=O) groups is 1. The van der Waals surface area contributed by atoms with Crippen molar-refractivity contribution in [2.75, 3.05) is 0 Å². The first-order valence-corrected chi connectivity index (χ1v) is 6.32. The number of allylic oxidation sites excluding steroid dienone is 1. The highest BCUT2D eigenvalue weighted by atomic mass is 79.9. The molecule has 2 aromatic rings. The van der Waals surface area contributed by atoms with Crippen LogP contribution in [0.15, 0.2) is 53.0 Å². The third-order valence-corrected chi connectivity index (χ3v) is 3.00. The van der Waals surface area contributed by atoms with E-state index in [0.717, 1.165) is 4.47 Å². The average molecular weight is 321 g/mol. The molecule has 0 unspecified atom stereocenters. The predicted molar refractivity (Wildman–Crippen MR) is 75.6 cm³/mol. The number of hydrogen-bond donors (Lipinski definition) is 1. The Hall–Kier alpha value is -1.94. The van der Waals surface area contributed by atoms with Crippen LogP contribution in [0.25, 0.3) is 6.08 Å². The average Bonchev–Trinajstić information content (AvgIpc) is 2.39. The Labute approximate surface area is 118 Å². The number of rotatable bonds is 3.